The van der Waals surface area contributed by atoms with E-state index >= 15 is 0 Å². The topological polar surface area (TPSA) is 15.3 Å². The first-order valence-electron chi connectivity index (χ1n) is 6.21. The monoisotopic (exact) mass is 256 g/mol. The molecule has 5 heteroatoms. The van der Waals surface area contributed by atoms with E-state index in [4.69, 9.17) is 0 Å². The van der Waals surface area contributed by atoms with Crippen LogP contribution in [0.4, 0.5) is 18.9 Å². The maximum atomic E-state index is 13.0. The van der Waals surface area contributed by atoms with Crippen molar-refractivity contribution in [3.8, 4) is 0 Å². The van der Waals surface area contributed by atoms with Crippen LogP contribution in [-0.4, -0.2) is 25.7 Å². The normalized spacial score (nSPS) is 27.6. The summed E-state index contributed by atoms with van der Waals surface area (Å²) in [6.07, 6.45) is -3.30. The molecule has 2 fully saturated rings. The first-order valence-corrected chi connectivity index (χ1v) is 6.21. The highest BCUT2D eigenvalue weighted by Crippen LogP contribution is 2.40. The third-order valence-electron chi connectivity index (χ3n) is 3.96. The molecule has 98 valence electrons. The highest BCUT2D eigenvalue weighted by Gasteiger charge is 2.41. The standard InChI is InChI=1S/C13H15F3N2/c14-13(15,16)10-3-1-2-4-11(10)18-6-5-9-7-17-8-12(9)18/h1-4,9,12,17H,5-8H2. The molecule has 3 rings (SSSR count). The van der Waals surface area contributed by atoms with Gasteiger partial charge >= 0.3 is 6.18 Å². The Balaban J connectivity index is 1.97. The van der Waals surface area contributed by atoms with Crippen LogP contribution in [0.1, 0.15) is 12.0 Å². The van der Waals surface area contributed by atoms with Crippen molar-refractivity contribution in [1.82, 2.24) is 5.32 Å². The number of halogens is 3. The van der Waals surface area contributed by atoms with Crippen molar-refractivity contribution in [1.29, 1.82) is 0 Å². The van der Waals surface area contributed by atoms with E-state index in [1.165, 1.54) is 12.1 Å². The average Bonchev–Trinajstić information content (AvgIpc) is 2.89. The molecule has 2 heterocycles. The van der Waals surface area contributed by atoms with Gasteiger partial charge in [-0.15, -0.1) is 0 Å². The van der Waals surface area contributed by atoms with Gasteiger partial charge in [-0.1, -0.05) is 12.1 Å². The van der Waals surface area contributed by atoms with Crippen molar-refractivity contribution in [3.63, 3.8) is 0 Å². The molecule has 2 aliphatic rings. The number of anilines is 1. The summed E-state index contributed by atoms with van der Waals surface area (Å²) in [6.45, 7) is 2.44. The molecule has 0 amide bonds. The fourth-order valence-corrected chi connectivity index (χ4v) is 3.11. The second-order valence-corrected chi connectivity index (χ2v) is 4.98. The number of fused-ring (bicyclic) bond motifs is 1. The molecule has 1 aromatic carbocycles. The van der Waals surface area contributed by atoms with Crippen molar-refractivity contribution < 1.29 is 13.2 Å². The molecule has 2 saturated heterocycles. The lowest BCUT2D eigenvalue weighted by molar-refractivity contribution is -0.137. The van der Waals surface area contributed by atoms with Gasteiger partial charge in [0.15, 0.2) is 0 Å². The molecule has 0 saturated carbocycles. The molecule has 18 heavy (non-hydrogen) atoms. The molecule has 2 unspecified atom stereocenters. The summed E-state index contributed by atoms with van der Waals surface area (Å²) in [5.41, 5.74) is -0.182. The van der Waals surface area contributed by atoms with Gasteiger partial charge in [0.2, 0.25) is 0 Å². The minimum atomic E-state index is -4.28. The number of para-hydroxylation sites is 1. The van der Waals surface area contributed by atoms with Crippen LogP contribution in [0.15, 0.2) is 24.3 Å². The number of benzene rings is 1. The minimum absolute atomic E-state index is 0.216. The number of rotatable bonds is 1. The first kappa shape index (κ1) is 11.8. The molecule has 2 atom stereocenters. The van der Waals surface area contributed by atoms with Crippen LogP contribution in [0, 0.1) is 5.92 Å². The summed E-state index contributed by atoms with van der Waals surface area (Å²) >= 11 is 0. The number of alkyl halides is 3. The van der Waals surface area contributed by atoms with E-state index in [2.05, 4.69) is 5.32 Å². The molecule has 0 aromatic heterocycles. The van der Waals surface area contributed by atoms with E-state index < -0.39 is 11.7 Å². The third-order valence-corrected chi connectivity index (χ3v) is 3.96. The van der Waals surface area contributed by atoms with Crippen LogP contribution in [-0.2, 0) is 6.18 Å². The van der Waals surface area contributed by atoms with Gasteiger partial charge in [0, 0.05) is 31.4 Å². The molecule has 0 aliphatic carbocycles. The van der Waals surface area contributed by atoms with Crippen molar-refractivity contribution in [2.24, 2.45) is 5.92 Å². The van der Waals surface area contributed by atoms with Crippen molar-refractivity contribution >= 4 is 5.69 Å². The lowest BCUT2D eigenvalue weighted by Crippen LogP contribution is -2.35. The summed E-state index contributed by atoms with van der Waals surface area (Å²) < 4.78 is 39.0. The van der Waals surface area contributed by atoms with Crippen LogP contribution in [0.2, 0.25) is 0 Å². The van der Waals surface area contributed by atoms with Crippen LogP contribution in [0.5, 0.6) is 0 Å². The zero-order valence-corrected chi connectivity index (χ0v) is 9.87. The Morgan fingerprint density at radius 2 is 1.94 bits per heavy atom. The Labute approximate surface area is 104 Å². The predicted octanol–water partition coefficient (Wildman–Crippen LogP) is 2.50. The zero-order valence-electron chi connectivity index (χ0n) is 9.87. The summed E-state index contributed by atoms with van der Waals surface area (Å²) in [5.74, 6) is 0.492. The molecule has 2 aliphatic heterocycles. The molecular weight excluding hydrogens is 241 g/mol. The van der Waals surface area contributed by atoms with Crippen LogP contribution >= 0.6 is 0 Å². The lowest BCUT2D eigenvalue weighted by Gasteiger charge is -2.28. The van der Waals surface area contributed by atoms with Gasteiger partial charge in [0.1, 0.15) is 0 Å². The van der Waals surface area contributed by atoms with Gasteiger partial charge in [-0.25, -0.2) is 0 Å². The zero-order chi connectivity index (χ0) is 12.8. The van der Waals surface area contributed by atoms with Crippen LogP contribution in [0.3, 0.4) is 0 Å². The Bertz CT molecular complexity index is 444. The number of hydrogen-bond acceptors (Lipinski definition) is 2. The second kappa shape index (κ2) is 4.16. The summed E-state index contributed by atoms with van der Waals surface area (Å²) in [7, 11) is 0. The van der Waals surface area contributed by atoms with Gasteiger partial charge in [0.25, 0.3) is 0 Å². The van der Waals surface area contributed by atoms with E-state index in [9.17, 15) is 13.2 Å². The number of nitrogens with one attached hydrogen (secondary N) is 1. The molecule has 0 spiro atoms. The second-order valence-electron chi connectivity index (χ2n) is 4.98. The molecule has 1 aromatic rings. The van der Waals surface area contributed by atoms with Gasteiger partial charge in [0.05, 0.1) is 5.56 Å². The Hall–Kier alpha value is -1.23. The number of hydrogen-bond donors (Lipinski definition) is 1. The minimum Gasteiger partial charge on any atom is -0.366 e. The Kier molecular flexibility index (Phi) is 2.73. The van der Waals surface area contributed by atoms with Gasteiger partial charge in [-0.05, 0) is 24.5 Å². The smallest absolute Gasteiger partial charge is 0.366 e. The molecule has 0 radical (unpaired) electrons. The fraction of sp³-hybridized carbons (Fsp3) is 0.538. The predicted molar refractivity (Wildman–Crippen MR) is 63.6 cm³/mol. The third kappa shape index (κ3) is 1.86. The fourth-order valence-electron chi connectivity index (χ4n) is 3.11. The summed E-state index contributed by atoms with van der Waals surface area (Å²) in [5, 5.41) is 3.26. The van der Waals surface area contributed by atoms with Gasteiger partial charge in [-0.2, -0.15) is 13.2 Å². The van der Waals surface area contributed by atoms with Crippen LogP contribution in [0.25, 0.3) is 0 Å². The molecule has 0 bridgehead atoms. The molecule has 1 N–H and O–H groups in total. The average molecular weight is 256 g/mol. The first-order chi connectivity index (χ1) is 8.57. The van der Waals surface area contributed by atoms with Crippen molar-refractivity contribution in [2.45, 2.75) is 18.6 Å². The summed E-state index contributed by atoms with van der Waals surface area (Å²) in [6, 6.07) is 6.11. The SMILES string of the molecule is FC(F)(F)c1ccccc1N1CCC2CNCC21. The maximum Gasteiger partial charge on any atom is 0.418 e. The van der Waals surface area contributed by atoms with Crippen molar-refractivity contribution in [2.75, 3.05) is 24.5 Å². The number of nitrogens with zero attached hydrogens (tertiary/aromatic N) is 1. The van der Waals surface area contributed by atoms with Crippen molar-refractivity contribution in [3.05, 3.63) is 29.8 Å². The van der Waals surface area contributed by atoms with E-state index in [0.717, 1.165) is 26.1 Å². The van der Waals surface area contributed by atoms with E-state index in [-0.39, 0.29) is 6.04 Å². The van der Waals surface area contributed by atoms with E-state index in [1.807, 2.05) is 4.90 Å². The maximum absolute atomic E-state index is 13.0. The highest BCUT2D eigenvalue weighted by molar-refractivity contribution is 5.57. The van der Waals surface area contributed by atoms with Crippen LogP contribution < -0.4 is 10.2 Å². The van der Waals surface area contributed by atoms with Gasteiger partial charge < -0.3 is 10.2 Å². The lowest BCUT2D eigenvalue weighted by atomic mass is 10.0. The molecule has 2 nitrogen and oxygen atoms in total. The molecular formula is C13H15F3N2. The van der Waals surface area contributed by atoms with E-state index in [1.54, 1.807) is 12.1 Å². The Morgan fingerprint density at radius 1 is 1.17 bits per heavy atom. The largest absolute Gasteiger partial charge is 0.418 e. The van der Waals surface area contributed by atoms with Gasteiger partial charge in [-0.3, -0.25) is 0 Å². The quantitative estimate of drug-likeness (QED) is 0.830. The van der Waals surface area contributed by atoms with E-state index in [0.29, 0.717) is 11.6 Å². The highest BCUT2D eigenvalue weighted by atomic mass is 19.4. The summed E-state index contributed by atoms with van der Waals surface area (Å²) in [4.78, 5) is 1.92. The Morgan fingerprint density at radius 3 is 2.72 bits per heavy atom.